The second-order valence-corrected chi connectivity index (χ2v) is 5.86. The number of hydrogen-bond acceptors (Lipinski definition) is 2. The molecular weight excluding hydrogens is 236 g/mol. The van der Waals surface area contributed by atoms with E-state index in [0.717, 1.165) is 25.3 Å². The predicted molar refractivity (Wildman–Crippen MR) is 75.9 cm³/mol. The van der Waals surface area contributed by atoms with Crippen LogP contribution in [-0.2, 0) is 11.3 Å². The molecule has 0 aliphatic heterocycles. The third-order valence-electron chi connectivity index (χ3n) is 3.99. The third kappa shape index (κ3) is 3.35. The van der Waals surface area contributed by atoms with E-state index in [1.165, 1.54) is 24.0 Å². The minimum Gasteiger partial charge on any atom is -0.352 e. The van der Waals surface area contributed by atoms with Gasteiger partial charge in [-0.15, -0.1) is 0 Å². The molecule has 0 bridgehead atoms. The first-order valence-corrected chi connectivity index (χ1v) is 7.35. The molecular formula is C16H22N2O. The summed E-state index contributed by atoms with van der Waals surface area (Å²) in [6.07, 6.45) is 4.91. The van der Waals surface area contributed by atoms with Crippen LogP contribution >= 0.6 is 0 Å². The molecule has 3 nitrogen and oxygen atoms in total. The zero-order valence-electron chi connectivity index (χ0n) is 11.5. The first kappa shape index (κ1) is 12.7. The van der Waals surface area contributed by atoms with Gasteiger partial charge < -0.3 is 10.6 Å². The van der Waals surface area contributed by atoms with Gasteiger partial charge in [0.2, 0.25) is 5.91 Å². The summed E-state index contributed by atoms with van der Waals surface area (Å²) in [6.45, 7) is 2.73. The lowest BCUT2D eigenvalue weighted by Crippen LogP contribution is -2.42. The number of nitrogens with one attached hydrogen (secondary N) is 2. The first-order valence-electron chi connectivity index (χ1n) is 7.35. The van der Waals surface area contributed by atoms with Crippen molar-refractivity contribution in [2.45, 2.75) is 57.2 Å². The van der Waals surface area contributed by atoms with Gasteiger partial charge in [0, 0.05) is 12.6 Å². The van der Waals surface area contributed by atoms with Crippen LogP contribution < -0.4 is 10.6 Å². The Kier molecular flexibility index (Phi) is 3.56. The molecule has 3 rings (SSSR count). The van der Waals surface area contributed by atoms with E-state index in [2.05, 4.69) is 34.9 Å². The van der Waals surface area contributed by atoms with Crippen LogP contribution in [0.3, 0.4) is 0 Å². The molecule has 0 aromatic heterocycles. The lowest BCUT2D eigenvalue weighted by molar-refractivity contribution is -0.122. The molecule has 2 aliphatic carbocycles. The standard InChI is InChI=1S/C16H22N2O/c1-11(16(19)18-14-8-9-14)17-10-13-4-2-3-5-15(13)12-6-7-12/h2-5,11-12,14,17H,6-10H2,1H3,(H,18,19). The van der Waals surface area contributed by atoms with E-state index >= 15 is 0 Å². The molecule has 1 aromatic rings. The quantitative estimate of drug-likeness (QED) is 0.822. The van der Waals surface area contributed by atoms with Crippen LogP contribution in [0.1, 0.15) is 49.7 Å². The average molecular weight is 258 g/mol. The van der Waals surface area contributed by atoms with Crippen LogP contribution in [-0.4, -0.2) is 18.0 Å². The minimum atomic E-state index is -0.118. The number of benzene rings is 1. The summed E-state index contributed by atoms with van der Waals surface area (Å²) in [5.74, 6) is 0.889. The molecule has 2 saturated carbocycles. The van der Waals surface area contributed by atoms with Crippen LogP contribution in [0, 0.1) is 0 Å². The summed E-state index contributed by atoms with van der Waals surface area (Å²) in [7, 11) is 0. The van der Waals surface area contributed by atoms with Crippen molar-refractivity contribution in [3.63, 3.8) is 0 Å². The fourth-order valence-electron chi connectivity index (χ4n) is 2.40. The summed E-state index contributed by atoms with van der Waals surface area (Å²) in [5.41, 5.74) is 2.81. The van der Waals surface area contributed by atoms with Gasteiger partial charge in [-0.2, -0.15) is 0 Å². The van der Waals surface area contributed by atoms with Crippen molar-refractivity contribution < 1.29 is 4.79 Å². The van der Waals surface area contributed by atoms with Crippen molar-refractivity contribution in [2.75, 3.05) is 0 Å². The van der Waals surface area contributed by atoms with Crippen LogP contribution in [0.25, 0.3) is 0 Å². The van der Waals surface area contributed by atoms with Crippen molar-refractivity contribution in [3.05, 3.63) is 35.4 Å². The van der Waals surface area contributed by atoms with Crippen LogP contribution in [0.2, 0.25) is 0 Å². The fourth-order valence-corrected chi connectivity index (χ4v) is 2.40. The minimum absolute atomic E-state index is 0.118. The van der Waals surface area contributed by atoms with Crippen molar-refractivity contribution >= 4 is 5.91 Å². The van der Waals surface area contributed by atoms with Crippen LogP contribution in [0.4, 0.5) is 0 Å². The smallest absolute Gasteiger partial charge is 0.237 e. The molecule has 0 spiro atoms. The van der Waals surface area contributed by atoms with E-state index in [1.807, 2.05) is 6.92 Å². The Morgan fingerprint density at radius 2 is 2.00 bits per heavy atom. The Hall–Kier alpha value is -1.35. The third-order valence-corrected chi connectivity index (χ3v) is 3.99. The molecule has 1 amide bonds. The lowest BCUT2D eigenvalue weighted by Gasteiger charge is -2.15. The SMILES string of the molecule is CC(NCc1ccccc1C1CC1)C(=O)NC1CC1. The van der Waals surface area contributed by atoms with Crippen molar-refractivity contribution in [3.8, 4) is 0 Å². The van der Waals surface area contributed by atoms with Crippen molar-refractivity contribution in [2.24, 2.45) is 0 Å². The van der Waals surface area contributed by atoms with Crippen LogP contribution in [0.15, 0.2) is 24.3 Å². The number of amides is 1. The molecule has 0 radical (unpaired) electrons. The molecule has 0 heterocycles. The first-order chi connectivity index (χ1) is 9.24. The summed E-state index contributed by atoms with van der Waals surface area (Å²) >= 11 is 0. The number of carbonyl (C=O) groups excluding carboxylic acids is 1. The number of rotatable bonds is 6. The van der Waals surface area contributed by atoms with Gasteiger partial charge in [-0.05, 0) is 49.7 Å². The molecule has 2 aliphatic rings. The zero-order valence-corrected chi connectivity index (χ0v) is 11.5. The summed E-state index contributed by atoms with van der Waals surface area (Å²) in [5, 5.41) is 6.38. The maximum atomic E-state index is 11.9. The van der Waals surface area contributed by atoms with E-state index in [1.54, 1.807) is 0 Å². The van der Waals surface area contributed by atoms with E-state index in [9.17, 15) is 4.79 Å². The van der Waals surface area contributed by atoms with E-state index in [0.29, 0.717) is 6.04 Å². The maximum Gasteiger partial charge on any atom is 0.237 e. The molecule has 3 heteroatoms. The lowest BCUT2D eigenvalue weighted by atomic mass is 10.0. The zero-order chi connectivity index (χ0) is 13.2. The summed E-state index contributed by atoms with van der Waals surface area (Å²) in [6, 6.07) is 8.91. The highest BCUT2D eigenvalue weighted by Gasteiger charge is 2.27. The Bertz CT molecular complexity index is 464. The van der Waals surface area contributed by atoms with E-state index in [-0.39, 0.29) is 11.9 Å². The number of carbonyl (C=O) groups is 1. The van der Waals surface area contributed by atoms with Gasteiger partial charge >= 0.3 is 0 Å². The largest absolute Gasteiger partial charge is 0.352 e. The molecule has 0 saturated heterocycles. The normalized spacial score (nSPS) is 20.1. The van der Waals surface area contributed by atoms with Gasteiger partial charge in [-0.3, -0.25) is 4.79 Å². The molecule has 1 atom stereocenters. The van der Waals surface area contributed by atoms with Gasteiger partial charge in [-0.1, -0.05) is 24.3 Å². The number of hydrogen-bond donors (Lipinski definition) is 2. The summed E-state index contributed by atoms with van der Waals surface area (Å²) in [4.78, 5) is 11.9. The Morgan fingerprint density at radius 1 is 1.26 bits per heavy atom. The summed E-state index contributed by atoms with van der Waals surface area (Å²) < 4.78 is 0. The average Bonchev–Trinajstić information content (AvgIpc) is 3.28. The molecule has 1 aromatic carbocycles. The highest BCUT2D eigenvalue weighted by Crippen LogP contribution is 2.41. The Balaban J connectivity index is 1.54. The Labute approximate surface area is 114 Å². The molecule has 2 N–H and O–H groups in total. The maximum absolute atomic E-state index is 11.9. The fraction of sp³-hybridized carbons (Fsp3) is 0.562. The molecule has 102 valence electrons. The van der Waals surface area contributed by atoms with Crippen molar-refractivity contribution in [1.82, 2.24) is 10.6 Å². The van der Waals surface area contributed by atoms with Gasteiger partial charge in [0.1, 0.15) is 0 Å². The van der Waals surface area contributed by atoms with Gasteiger partial charge in [0.15, 0.2) is 0 Å². The molecule has 19 heavy (non-hydrogen) atoms. The van der Waals surface area contributed by atoms with Crippen LogP contribution in [0.5, 0.6) is 0 Å². The highest BCUT2D eigenvalue weighted by atomic mass is 16.2. The van der Waals surface area contributed by atoms with Crippen molar-refractivity contribution in [1.29, 1.82) is 0 Å². The highest BCUT2D eigenvalue weighted by molar-refractivity contribution is 5.81. The second-order valence-electron chi connectivity index (χ2n) is 5.86. The van der Waals surface area contributed by atoms with E-state index in [4.69, 9.17) is 0 Å². The van der Waals surface area contributed by atoms with Gasteiger partial charge in [-0.25, -0.2) is 0 Å². The predicted octanol–water partition coefficient (Wildman–Crippen LogP) is 2.32. The Morgan fingerprint density at radius 3 is 2.68 bits per heavy atom. The second kappa shape index (κ2) is 5.33. The van der Waals surface area contributed by atoms with Gasteiger partial charge in [0.25, 0.3) is 0 Å². The topological polar surface area (TPSA) is 41.1 Å². The van der Waals surface area contributed by atoms with E-state index < -0.39 is 0 Å². The molecule has 1 unspecified atom stereocenters. The van der Waals surface area contributed by atoms with Gasteiger partial charge in [0.05, 0.1) is 6.04 Å². The monoisotopic (exact) mass is 258 g/mol. The molecule has 2 fully saturated rings.